The summed E-state index contributed by atoms with van der Waals surface area (Å²) in [7, 11) is 3.11. The van der Waals surface area contributed by atoms with Crippen molar-refractivity contribution < 1.29 is 23.5 Å². The fourth-order valence-corrected chi connectivity index (χ4v) is 3.40. The lowest BCUT2D eigenvalue weighted by molar-refractivity contribution is -0.121. The number of nitrogens with zero attached hydrogens (tertiary/aromatic N) is 2. The third kappa shape index (κ3) is 6.22. The normalized spacial score (nSPS) is 10.4. The predicted octanol–water partition coefficient (Wildman–Crippen LogP) is 3.20. The van der Waals surface area contributed by atoms with Gasteiger partial charge in [0, 0.05) is 25.1 Å². The number of methoxy groups -OCH3 is 2. The summed E-state index contributed by atoms with van der Waals surface area (Å²) >= 11 is 1.11. The Balaban J connectivity index is 1.47. The van der Waals surface area contributed by atoms with Crippen LogP contribution in [-0.2, 0) is 17.8 Å². The van der Waals surface area contributed by atoms with Crippen LogP contribution in [0.2, 0.25) is 0 Å². The molecule has 0 atom stereocenters. The molecule has 1 heterocycles. The van der Waals surface area contributed by atoms with E-state index >= 15 is 0 Å². The largest absolute Gasteiger partial charge is 0.493 e. The van der Waals surface area contributed by atoms with Crippen molar-refractivity contribution in [2.45, 2.75) is 19.4 Å². The summed E-state index contributed by atoms with van der Waals surface area (Å²) in [6.07, 6.45) is 0.570. The molecule has 8 nitrogen and oxygen atoms in total. The summed E-state index contributed by atoms with van der Waals surface area (Å²) in [6.45, 7) is 0.348. The molecule has 2 amide bonds. The van der Waals surface area contributed by atoms with Crippen molar-refractivity contribution in [3.05, 3.63) is 63.9 Å². The van der Waals surface area contributed by atoms with Crippen molar-refractivity contribution in [3.8, 4) is 11.5 Å². The van der Waals surface area contributed by atoms with Crippen LogP contribution in [0.5, 0.6) is 11.5 Å². The molecular weight excluding hydrogens is 423 g/mol. The number of rotatable bonds is 9. The van der Waals surface area contributed by atoms with E-state index < -0.39 is 5.91 Å². The molecule has 31 heavy (non-hydrogen) atoms. The van der Waals surface area contributed by atoms with Crippen molar-refractivity contribution in [2.75, 3.05) is 19.5 Å². The third-order valence-corrected chi connectivity index (χ3v) is 5.25. The fraction of sp³-hybridized carbons (Fsp3) is 0.238. The molecule has 0 fully saturated rings. The number of amides is 2. The molecule has 0 radical (unpaired) electrons. The molecule has 10 heteroatoms. The molecule has 1 aromatic heterocycles. The average molecular weight is 444 g/mol. The van der Waals surface area contributed by atoms with E-state index in [-0.39, 0.29) is 23.2 Å². The van der Waals surface area contributed by atoms with E-state index in [2.05, 4.69) is 20.8 Å². The van der Waals surface area contributed by atoms with Gasteiger partial charge in [0.05, 0.1) is 14.2 Å². The maximum Gasteiger partial charge on any atom is 0.286 e. The van der Waals surface area contributed by atoms with Crippen LogP contribution < -0.4 is 20.1 Å². The number of benzene rings is 2. The number of halogens is 1. The van der Waals surface area contributed by atoms with Crippen LogP contribution in [0.25, 0.3) is 0 Å². The van der Waals surface area contributed by atoms with Crippen LogP contribution in [0, 0.1) is 5.82 Å². The van der Waals surface area contributed by atoms with Crippen molar-refractivity contribution in [3.63, 3.8) is 0 Å². The number of aryl methyl sites for hydroxylation is 1. The van der Waals surface area contributed by atoms with E-state index in [1.807, 2.05) is 6.07 Å². The third-order valence-electron chi connectivity index (χ3n) is 4.27. The quantitative estimate of drug-likeness (QED) is 0.526. The Labute approximate surface area is 182 Å². The van der Waals surface area contributed by atoms with E-state index in [4.69, 9.17) is 9.47 Å². The highest BCUT2D eigenvalue weighted by Crippen LogP contribution is 2.27. The van der Waals surface area contributed by atoms with E-state index in [1.165, 1.54) is 24.3 Å². The zero-order valence-corrected chi connectivity index (χ0v) is 17.8. The SMILES string of the molecule is COc1ccc(CNC(=O)CCc2nnc(C(=O)Nc3ccc(F)cc3)s2)cc1OC. The molecule has 0 bridgehead atoms. The first-order valence-corrected chi connectivity index (χ1v) is 10.2. The molecule has 0 saturated carbocycles. The van der Waals surface area contributed by atoms with Gasteiger partial charge in [0.2, 0.25) is 10.9 Å². The summed E-state index contributed by atoms with van der Waals surface area (Å²) in [6, 6.07) is 10.8. The highest BCUT2D eigenvalue weighted by atomic mass is 32.1. The van der Waals surface area contributed by atoms with Gasteiger partial charge in [-0.2, -0.15) is 0 Å². The van der Waals surface area contributed by atoms with Crippen molar-refractivity contribution in [1.29, 1.82) is 0 Å². The first-order valence-electron chi connectivity index (χ1n) is 9.35. The number of hydrogen-bond donors (Lipinski definition) is 2. The lowest BCUT2D eigenvalue weighted by Gasteiger charge is -2.10. The van der Waals surface area contributed by atoms with Gasteiger partial charge in [-0.25, -0.2) is 4.39 Å². The van der Waals surface area contributed by atoms with E-state index in [0.29, 0.717) is 35.2 Å². The Morgan fingerprint density at radius 3 is 2.48 bits per heavy atom. The van der Waals surface area contributed by atoms with E-state index in [9.17, 15) is 14.0 Å². The number of ether oxygens (including phenoxy) is 2. The van der Waals surface area contributed by atoms with Gasteiger partial charge in [0.15, 0.2) is 11.5 Å². The van der Waals surface area contributed by atoms with Gasteiger partial charge < -0.3 is 20.1 Å². The molecule has 3 aromatic rings. The van der Waals surface area contributed by atoms with Crippen LogP contribution in [0.15, 0.2) is 42.5 Å². The van der Waals surface area contributed by atoms with Gasteiger partial charge in [0.1, 0.15) is 10.8 Å². The average Bonchev–Trinajstić information content (AvgIpc) is 3.27. The van der Waals surface area contributed by atoms with Gasteiger partial charge in [-0.05, 0) is 42.0 Å². The fourth-order valence-electron chi connectivity index (χ4n) is 2.66. The molecule has 162 valence electrons. The standard InChI is InChI=1S/C21H21FN4O4S/c1-29-16-8-3-13(11-17(16)30-2)12-23-18(27)9-10-19-25-26-21(31-19)20(28)24-15-6-4-14(22)5-7-15/h3-8,11H,9-10,12H2,1-2H3,(H,23,27)(H,24,28). The van der Waals surface area contributed by atoms with Crippen LogP contribution in [0.4, 0.5) is 10.1 Å². The minimum Gasteiger partial charge on any atom is -0.493 e. The molecule has 3 rings (SSSR count). The van der Waals surface area contributed by atoms with Crippen molar-refractivity contribution in [2.24, 2.45) is 0 Å². The summed E-state index contributed by atoms with van der Waals surface area (Å²) < 4.78 is 23.4. The lowest BCUT2D eigenvalue weighted by Crippen LogP contribution is -2.23. The molecule has 2 aromatic carbocycles. The Kier molecular flexibility index (Phi) is 7.50. The summed E-state index contributed by atoms with van der Waals surface area (Å²) in [5.41, 5.74) is 1.33. The van der Waals surface area contributed by atoms with Gasteiger partial charge >= 0.3 is 0 Å². The molecule has 0 aliphatic heterocycles. The monoisotopic (exact) mass is 444 g/mol. The van der Waals surface area contributed by atoms with Crippen molar-refractivity contribution in [1.82, 2.24) is 15.5 Å². The smallest absolute Gasteiger partial charge is 0.286 e. The number of nitrogens with one attached hydrogen (secondary N) is 2. The topological polar surface area (TPSA) is 102 Å². The van der Waals surface area contributed by atoms with Crippen LogP contribution >= 0.6 is 11.3 Å². The molecule has 0 aliphatic rings. The van der Waals surface area contributed by atoms with E-state index in [0.717, 1.165) is 16.9 Å². The zero-order valence-electron chi connectivity index (χ0n) is 17.0. The highest BCUT2D eigenvalue weighted by Gasteiger charge is 2.14. The molecule has 0 aliphatic carbocycles. The maximum atomic E-state index is 12.9. The minimum absolute atomic E-state index is 0.151. The minimum atomic E-state index is -0.437. The zero-order chi connectivity index (χ0) is 22.2. The first kappa shape index (κ1) is 22.2. The number of aromatic nitrogens is 2. The van der Waals surface area contributed by atoms with Crippen LogP contribution in [0.1, 0.15) is 26.8 Å². The highest BCUT2D eigenvalue weighted by molar-refractivity contribution is 7.13. The lowest BCUT2D eigenvalue weighted by atomic mass is 10.2. The van der Waals surface area contributed by atoms with Gasteiger partial charge in [-0.1, -0.05) is 17.4 Å². The summed E-state index contributed by atoms with van der Waals surface area (Å²) in [5, 5.41) is 14.0. The summed E-state index contributed by atoms with van der Waals surface area (Å²) in [4.78, 5) is 24.4. The van der Waals surface area contributed by atoms with Crippen molar-refractivity contribution >= 4 is 28.8 Å². The van der Waals surface area contributed by atoms with Gasteiger partial charge in [-0.3, -0.25) is 9.59 Å². The maximum absolute atomic E-state index is 12.9. The number of carbonyl (C=O) groups excluding carboxylic acids is 2. The Hall–Kier alpha value is -3.53. The molecular formula is C21H21FN4O4S. The first-order chi connectivity index (χ1) is 15.0. The Morgan fingerprint density at radius 2 is 1.77 bits per heavy atom. The molecule has 2 N–H and O–H groups in total. The Bertz CT molecular complexity index is 1060. The molecule has 0 unspecified atom stereocenters. The second-order valence-electron chi connectivity index (χ2n) is 6.43. The van der Waals surface area contributed by atoms with Crippen LogP contribution in [-0.4, -0.2) is 36.2 Å². The summed E-state index contributed by atoms with van der Waals surface area (Å²) in [5.74, 6) is 0.235. The molecule has 0 spiro atoms. The Morgan fingerprint density at radius 1 is 1.03 bits per heavy atom. The van der Waals surface area contributed by atoms with Crippen LogP contribution in [0.3, 0.4) is 0 Å². The number of anilines is 1. The predicted molar refractivity (Wildman–Crippen MR) is 114 cm³/mol. The van der Waals surface area contributed by atoms with Gasteiger partial charge in [0.25, 0.3) is 5.91 Å². The second-order valence-corrected chi connectivity index (χ2v) is 7.49. The number of carbonyl (C=O) groups is 2. The second kappa shape index (κ2) is 10.5. The van der Waals surface area contributed by atoms with Gasteiger partial charge in [-0.15, -0.1) is 10.2 Å². The van der Waals surface area contributed by atoms with E-state index in [1.54, 1.807) is 26.4 Å². The molecule has 0 saturated heterocycles. The number of hydrogen-bond acceptors (Lipinski definition) is 7.